The number of hydrogen-bond donors (Lipinski definition) is 1. The van der Waals surface area contributed by atoms with E-state index in [0.29, 0.717) is 16.1 Å². The van der Waals surface area contributed by atoms with E-state index in [1.54, 1.807) is 6.92 Å². The number of hydrogen-bond acceptors (Lipinski definition) is 7. The molecule has 2 aromatic heterocycles. The van der Waals surface area contributed by atoms with E-state index in [9.17, 15) is 14.4 Å². The molecule has 0 aromatic carbocycles. The summed E-state index contributed by atoms with van der Waals surface area (Å²) in [5.41, 5.74) is 1.70. The predicted molar refractivity (Wildman–Crippen MR) is 95.4 cm³/mol. The topological polar surface area (TPSA) is 94.6 Å². The molecule has 7 nitrogen and oxygen atoms in total. The molecule has 0 fully saturated rings. The third kappa shape index (κ3) is 3.91. The molecule has 0 spiro atoms. The fourth-order valence-electron chi connectivity index (χ4n) is 2.78. The van der Waals surface area contributed by atoms with E-state index in [1.165, 1.54) is 35.9 Å². The summed E-state index contributed by atoms with van der Waals surface area (Å²) in [6, 6.07) is 3.01. The van der Waals surface area contributed by atoms with Crippen LogP contribution in [0.15, 0.2) is 24.5 Å². The van der Waals surface area contributed by atoms with Gasteiger partial charge in [0.05, 0.1) is 17.7 Å². The number of ether oxygens (including phenoxy) is 2. The molecular weight excluding hydrogens is 356 g/mol. The number of fused-ring (bicyclic) bond motifs is 1. The maximum atomic E-state index is 12.3. The van der Waals surface area contributed by atoms with Gasteiger partial charge >= 0.3 is 11.9 Å². The Kier molecular flexibility index (Phi) is 5.62. The molecule has 1 aliphatic rings. The standard InChI is InChI=1S/C18H18N2O5S/c1-2-24-18(23)15-12-4-3-5-13(12)26-16(15)20-14(21)10-25-17(22)11-6-8-19-9-7-11/h6-9H,2-5,10H2,1H3,(H,20,21). The molecule has 1 aliphatic carbocycles. The van der Waals surface area contributed by atoms with Gasteiger partial charge in [-0.3, -0.25) is 9.78 Å². The van der Waals surface area contributed by atoms with Gasteiger partial charge < -0.3 is 14.8 Å². The first-order chi connectivity index (χ1) is 12.6. The van der Waals surface area contributed by atoms with Crippen molar-refractivity contribution < 1.29 is 23.9 Å². The molecule has 0 saturated carbocycles. The van der Waals surface area contributed by atoms with Crippen molar-refractivity contribution in [2.45, 2.75) is 26.2 Å². The normalized spacial score (nSPS) is 12.3. The zero-order chi connectivity index (χ0) is 18.5. The van der Waals surface area contributed by atoms with Crippen LogP contribution >= 0.6 is 11.3 Å². The zero-order valence-corrected chi connectivity index (χ0v) is 15.1. The Bertz CT molecular complexity index is 832. The lowest BCUT2D eigenvalue weighted by molar-refractivity contribution is -0.119. The summed E-state index contributed by atoms with van der Waals surface area (Å²) in [6.45, 7) is 1.56. The summed E-state index contributed by atoms with van der Waals surface area (Å²) in [4.78, 5) is 41.2. The van der Waals surface area contributed by atoms with E-state index in [2.05, 4.69) is 10.3 Å². The molecule has 0 unspecified atom stereocenters. The number of amides is 1. The van der Waals surface area contributed by atoms with Crippen molar-refractivity contribution in [1.29, 1.82) is 0 Å². The Morgan fingerprint density at radius 3 is 2.65 bits per heavy atom. The highest BCUT2D eigenvalue weighted by atomic mass is 32.1. The number of nitrogens with zero attached hydrogens (tertiary/aromatic N) is 1. The lowest BCUT2D eigenvalue weighted by Gasteiger charge is -2.08. The maximum Gasteiger partial charge on any atom is 0.341 e. The summed E-state index contributed by atoms with van der Waals surface area (Å²) in [7, 11) is 0. The van der Waals surface area contributed by atoms with Crippen molar-refractivity contribution in [2.75, 3.05) is 18.5 Å². The Labute approximate surface area is 154 Å². The van der Waals surface area contributed by atoms with Crippen molar-refractivity contribution in [2.24, 2.45) is 0 Å². The quantitative estimate of drug-likeness (QED) is 0.781. The van der Waals surface area contributed by atoms with Crippen LogP contribution in [0.25, 0.3) is 0 Å². The molecule has 26 heavy (non-hydrogen) atoms. The Morgan fingerprint density at radius 2 is 1.92 bits per heavy atom. The minimum atomic E-state index is -0.609. The second-order valence-corrected chi connectivity index (χ2v) is 6.75. The third-order valence-corrected chi connectivity index (χ3v) is 5.11. The van der Waals surface area contributed by atoms with Crippen LogP contribution in [-0.2, 0) is 27.1 Å². The minimum Gasteiger partial charge on any atom is -0.462 e. The van der Waals surface area contributed by atoms with Crippen LogP contribution < -0.4 is 5.32 Å². The molecule has 2 aromatic rings. The molecule has 2 heterocycles. The van der Waals surface area contributed by atoms with Crippen molar-refractivity contribution in [3.05, 3.63) is 46.1 Å². The number of aryl methyl sites for hydroxylation is 1. The number of rotatable bonds is 6. The Morgan fingerprint density at radius 1 is 1.15 bits per heavy atom. The second kappa shape index (κ2) is 8.09. The fourth-order valence-corrected chi connectivity index (χ4v) is 4.07. The average Bonchev–Trinajstić information content (AvgIpc) is 3.21. The average molecular weight is 374 g/mol. The van der Waals surface area contributed by atoms with Crippen LogP contribution in [0.3, 0.4) is 0 Å². The van der Waals surface area contributed by atoms with Gasteiger partial charge in [0.15, 0.2) is 6.61 Å². The number of carbonyl (C=O) groups is 3. The van der Waals surface area contributed by atoms with Crippen molar-refractivity contribution in [3.8, 4) is 0 Å². The largest absolute Gasteiger partial charge is 0.462 e. The third-order valence-electron chi connectivity index (χ3n) is 3.90. The van der Waals surface area contributed by atoms with Gasteiger partial charge in [0.2, 0.25) is 0 Å². The molecule has 8 heteroatoms. The molecule has 0 atom stereocenters. The van der Waals surface area contributed by atoms with Crippen LogP contribution in [0.1, 0.15) is 44.5 Å². The van der Waals surface area contributed by atoms with Gasteiger partial charge in [0.25, 0.3) is 5.91 Å². The van der Waals surface area contributed by atoms with Crippen LogP contribution in [0.5, 0.6) is 0 Å². The first kappa shape index (κ1) is 18.1. The molecule has 0 saturated heterocycles. The molecular formula is C18H18N2O5S. The van der Waals surface area contributed by atoms with Crippen LogP contribution in [0, 0.1) is 0 Å². The molecule has 1 N–H and O–H groups in total. The summed E-state index contributed by atoms with van der Waals surface area (Å²) in [6.07, 6.45) is 5.61. The van der Waals surface area contributed by atoms with E-state index in [1.807, 2.05) is 0 Å². The van der Waals surface area contributed by atoms with Gasteiger partial charge in [0, 0.05) is 17.3 Å². The van der Waals surface area contributed by atoms with Crippen molar-refractivity contribution >= 4 is 34.2 Å². The maximum absolute atomic E-state index is 12.3. The summed E-state index contributed by atoms with van der Waals surface area (Å²) in [5, 5.41) is 3.13. The van der Waals surface area contributed by atoms with Gasteiger partial charge in [-0.05, 0) is 43.9 Å². The van der Waals surface area contributed by atoms with Gasteiger partial charge in [-0.2, -0.15) is 0 Å². The SMILES string of the molecule is CCOC(=O)c1c(NC(=O)COC(=O)c2ccncc2)sc2c1CCC2. The number of anilines is 1. The zero-order valence-electron chi connectivity index (χ0n) is 14.2. The van der Waals surface area contributed by atoms with Gasteiger partial charge in [-0.25, -0.2) is 9.59 Å². The van der Waals surface area contributed by atoms with E-state index in [0.717, 1.165) is 29.7 Å². The van der Waals surface area contributed by atoms with E-state index in [-0.39, 0.29) is 6.61 Å². The summed E-state index contributed by atoms with van der Waals surface area (Å²) < 4.78 is 10.1. The summed E-state index contributed by atoms with van der Waals surface area (Å²) >= 11 is 1.38. The predicted octanol–water partition coefficient (Wildman–Crippen LogP) is 2.60. The smallest absolute Gasteiger partial charge is 0.341 e. The number of nitrogens with one attached hydrogen (secondary N) is 1. The van der Waals surface area contributed by atoms with Gasteiger partial charge in [0.1, 0.15) is 5.00 Å². The highest BCUT2D eigenvalue weighted by Gasteiger charge is 2.28. The van der Waals surface area contributed by atoms with Gasteiger partial charge in [-0.1, -0.05) is 0 Å². The number of pyridine rings is 1. The Balaban J connectivity index is 1.66. The molecule has 136 valence electrons. The first-order valence-corrected chi connectivity index (χ1v) is 9.10. The van der Waals surface area contributed by atoms with Crippen molar-refractivity contribution in [3.63, 3.8) is 0 Å². The van der Waals surface area contributed by atoms with Crippen LogP contribution in [0.4, 0.5) is 5.00 Å². The molecule has 0 aliphatic heterocycles. The minimum absolute atomic E-state index is 0.264. The highest BCUT2D eigenvalue weighted by Crippen LogP contribution is 2.39. The number of aromatic nitrogens is 1. The lowest BCUT2D eigenvalue weighted by Crippen LogP contribution is -2.22. The number of esters is 2. The Hall–Kier alpha value is -2.74. The second-order valence-electron chi connectivity index (χ2n) is 5.64. The summed E-state index contributed by atoms with van der Waals surface area (Å²) in [5.74, 6) is -1.55. The lowest BCUT2D eigenvalue weighted by atomic mass is 10.1. The van der Waals surface area contributed by atoms with E-state index in [4.69, 9.17) is 9.47 Å². The highest BCUT2D eigenvalue weighted by molar-refractivity contribution is 7.17. The fraction of sp³-hybridized carbons (Fsp3) is 0.333. The molecule has 3 rings (SSSR count). The van der Waals surface area contributed by atoms with E-state index >= 15 is 0 Å². The molecule has 0 radical (unpaired) electrons. The molecule has 1 amide bonds. The van der Waals surface area contributed by atoms with Crippen LogP contribution in [0.2, 0.25) is 0 Å². The van der Waals surface area contributed by atoms with Crippen molar-refractivity contribution in [1.82, 2.24) is 4.98 Å². The number of thiophene rings is 1. The van der Waals surface area contributed by atoms with Crippen LogP contribution in [-0.4, -0.2) is 36.0 Å². The monoisotopic (exact) mass is 374 g/mol. The van der Waals surface area contributed by atoms with E-state index < -0.39 is 24.5 Å². The number of carbonyl (C=O) groups excluding carboxylic acids is 3. The molecule has 0 bridgehead atoms. The van der Waals surface area contributed by atoms with Gasteiger partial charge in [-0.15, -0.1) is 11.3 Å². The first-order valence-electron chi connectivity index (χ1n) is 8.28.